The summed E-state index contributed by atoms with van der Waals surface area (Å²) in [5.41, 5.74) is 10.1. The van der Waals surface area contributed by atoms with Crippen LogP contribution in [0.3, 0.4) is 0 Å². The molecule has 0 bridgehead atoms. The van der Waals surface area contributed by atoms with Crippen molar-refractivity contribution in [3.63, 3.8) is 0 Å². The van der Waals surface area contributed by atoms with Crippen LogP contribution in [0.4, 0.5) is 0 Å². The standard InChI is InChI=1S/C24H31N3O3/c1-14-18(23(25)28)6-9-27(14)24(29)17-3-5-22-20(13-17)19-12-16(2-4-21(19)26-22)15-7-10-30-11-8-15/h3,5,13-16,18,26H,2,4,6-12H2,1H3,(H2,25,28). The monoisotopic (exact) mass is 409 g/mol. The van der Waals surface area contributed by atoms with Crippen LogP contribution in [0.25, 0.3) is 10.9 Å². The first-order valence-corrected chi connectivity index (χ1v) is 11.3. The molecule has 0 spiro atoms. The second kappa shape index (κ2) is 7.73. The van der Waals surface area contributed by atoms with Gasteiger partial charge in [0, 0.05) is 48.0 Å². The Bertz CT molecular complexity index is 975. The lowest BCUT2D eigenvalue weighted by molar-refractivity contribution is -0.122. The third kappa shape index (κ3) is 3.31. The van der Waals surface area contributed by atoms with Crippen LogP contribution < -0.4 is 5.73 Å². The van der Waals surface area contributed by atoms with Crippen molar-refractivity contribution >= 4 is 22.7 Å². The zero-order valence-electron chi connectivity index (χ0n) is 17.7. The normalized spacial score (nSPS) is 27.4. The Morgan fingerprint density at radius 3 is 2.67 bits per heavy atom. The van der Waals surface area contributed by atoms with Gasteiger partial charge >= 0.3 is 0 Å². The van der Waals surface area contributed by atoms with Crippen LogP contribution in [0.15, 0.2) is 18.2 Å². The molecule has 3 unspecified atom stereocenters. The number of amides is 2. The average Bonchev–Trinajstić information content (AvgIpc) is 3.33. The third-order valence-corrected chi connectivity index (χ3v) is 7.79. The molecule has 30 heavy (non-hydrogen) atoms. The summed E-state index contributed by atoms with van der Waals surface area (Å²) < 4.78 is 5.56. The maximum Gasteiger partial charge on any atom is 0.254 e. The lowest BCUT2D eigenvalue weighted by atomic mass is 9.75. The van der Waals surface area contributed by atoms with Gasteiger partial charge in [0.15, 0.2) is 0 Å². The minimum absolute atomic E-state index is 0.000103. The number of aryl methyl sites for hydroxylation is 1. The first-order valence-electron chi connectivity index (χ1n) is 11.3. The van der Waals surface area contributed by atoms with Gasteiger partial charge in [-0.15, -0.1) is 0 Å². The molecule has 6 heteroatoms. The van der Waals surface area contributed by atoms with Crippen molar-refractivity contribution in [3.8, 4) is 0 Å². The topological polar surface area (TPSA) is 88.4 Å². The van der Waals surface area contributed by atoms with Crippen LogP contribution in [-0.4, -0.2) is 47.5 Å². The summed E-state index contributed by atoms with van der Waals surface area (Å²) in [7, 11) is 0. The molecule has 2 saturated heterocycles. The van der Waals surface area contributed by atoms with Crippen molar-refractivity contribution < 1.29 is 14.3 Å². The molecule has 2 amide bonds. The average molecular weight is 410 g/mol. The van der Waals surface area contributed by atoms with Crippen LogP contribution in [0.2, 0.25) is 0 Å². The molecule has 0 saturated carbocycles. The number of rotatable bonds is 3. The highest BCUT2D eigenvalue weighted by atomic mass is 16.5. The molecule has 1 aromatic carbocycles. The minimum Gasteiger partial charge on any atom is -0.381 e. The number of H-pyrrole nitrogens is 1. The highest BCUT2D eigenvalue weighted by molar-refractivity contribution is 5.99. The molecule has 2 aromatic rings. The smallest absolute Gasteiger partial charge is 0.254 e. The number of benzene rings is 1. The van der Waals surface area contributed by atoms with Gasteiger partial charge in [-0.25, -0.2) is 0 Å². The highest BCUT2D eigenvalue weighted by Gasteiger charge is 2.37. The van der Waals surface area contributed by atoms with E-state index in [4.69, 9.17) is 10.5 Å². The fourth-order valence-electron chi connectivity index (χ4n) is 5.94. The predicted octanol–water partition coefficient (Wildman–Crippen LogP) is 3.04. The van der Waals surface area contributed by atoms with Gasteiger partial charge in [-0.2, -0.15) is 0 Å². The summed E-state index contributed by atoms with van der Waals surface area (Å²) in [6.07, 6.45) is 6.38. The highest BCUT2D eigenvalue weighted by Crippen LogP contribution is 2.38. The number of carbonyl (C=O) groups is 2. The van der Waals surface area contributed by atoms with Crippen LogP contribution in [-0.2, 0) is 22.4 Å². The van der Waals surface area contributed by atoms with Gasteiger partial charge in [-0.1, -0.05) is 0 Å². The Hall–Kier alpha value is -2.34. The fourth-order valence-corrected chi connectivity index (χ4v) is 5.94. The molecule has 1 aromatic heterocycles. The van der Waals surface area contributed by atoms with Gasteiger partial charge in [-0.05, 0) is 81.0 Å². The van der Waals surface area contributed by atoms with Crippen LogP contribution in [0.1, 0.15) is 54.2 Å². The number of nitrogens with one attached hydrogen (secondary N) is 1. The number of primary amides is 1. The summed E-state index contributed by atoms with van der Waals surface area (Å²) >= 11 is 0. The molecule has 2 aliphatic heterocycles. The minimum atomic E-state index is -0.313. The van der Waals surface area contributed by atoms with Gasteiger partial charge in [0.2, 0.25) is 5.91 Å². The molecule has 160 valence electrons. The van der Waals surface area contributed by atoms with E-state index in [1.54, 1.807) is 4.90 Å². The predicted molar refractivity (Wildman–Crippen MR) is 115 cm³/mol. The Kier molecular flexibility index (Phi) is 5.05. The van der Waals surface area contributed by atoms with E-state index < -0.39 is 0 Å². The van der Waals surface area contributed by atoms with Gasteiger partial charge in [0.05, 0.1) is 5.92 Å². The molecule has 3 heterocycles. The number of hydrogen-bond acceptors (Lipinski definition) is 3. The van der Waals surface area contributed by atoms with Crippen LogP contribution >= 0.6 is 0 Å². The number of ether oxygens (including phenoxy) is 1. The van der Waals surface area contributed by atoms with Gasteiger partial charge in [0.25, 0.3) is 5.91 Å². The second-order valence-electron chi connectivity index (χ2n) is 9.33. The van der Waals surface area contributed by atoms with E-state index in [-0.39, 0.29) is 23.8 Å². The van der Waals surface area contributed by atoms with Crippen molar-refractivity contribution in [3.05, 3.63) is 35.0 Å². The van der Waals surface area contributed by atoms with Gasteiger partial charge < -0.3 is 20.4 Å². The summed E-state index contributed by atoms with van der Waals surface area (Å²) in [4.78, 5) is 30.3. The van der Waals surface area contributed by atoms with Crippen LogP contribution in [0, 0.1) is 17.8 Å². The lowest BCUT2D eigenvalue weighted by Gasteiger charge is -2.33. The van der Waals surface area contributed by atoms with E-state index in [9.17, 15) is 9.59 Å². The number of fused-ring (bicyclic) bond motifs is 3. The van der Waals surface area contributed by atoms with Crippen molar-refractivity contribution in [2.24, 2.45) is 23.5 Å². The first-order chi connectivity index (χ1) is 14.5. The molecule has 2 fully saturated rings. The van der Waals surface area contributed by atoms with Gasteiger partial charge in [0.1, 0.15) is 0 Å². The SMILES string of the molecule is CC1C(C(N)=O)CCN1C(=O)c1ccc2[nH]c3c(c2c1)CC(C1CCOCC1)CC3. The third-order valence-electron chi connectivity index (χ3n) is 7.79. The Morgan fingerprint density at radius 1 is 1.13 bits per heavy atom. The van der Waals surface area contributed by atoms with Crippen molar-refractivity contribution in [1.29, 1.82) is 0 Å². The molecule has 3 aliphatic rings. The number of nitrogens with two attached hydrogens (primary N) is 1. The van der Waals surface area contributed by atoms with Crippen molar-refractivity contribution in [1.82, 2.24) is 9.88 Å². The number of likely N-dealkylation sites (tertiary alicyclic amines) is 1. The maximum atomic E-state index is 13.2. The molecule has 1 aliphatic carbocycles. The summed E-state index contributed by atoms with van der Waals surface area (Å²) in [6.45, 7) is 4.29. The van der Waals surface area contributed by atoms with E-state index in [1.165, 1.54) is 35.9 Å². The molecule has 5 rings (SSSR count). The number of carbonyl (C=O) groups excluding carboxylic acids is 2. The molecule has 0 radical (unpaired) electrons. The van der Waals surface area contributed by atoms with E-state index in [0.29, 0.717) is 24.4 Å². The zero-order valence-corrected chi connectivity index (χ0v) is 17.7. The Morgan fingerprint density at radius 2 is 1.93 bits per heavy atom. The van der Waals surface area contributed by atoms with E-state index >= 15 is 0 Å². The molecule has 6 nitrogen and oxygen atoms in total. The second-order valence-corrected chi connectivity index (χ2v) is 9.33. The Labute approximate surface area is 177 Å². The number of aromatic amines is 1. The van der Waals surface area contributed by atoms with Crippen molar-refractivity contribution in [2.75, 3.05) is 19.8 Å². The van der Waals surface area contributed by atoms with Crippen molar-refractivity contribution in [2.45, 2.75) is 51.5 Å². The van der Waals surface area contributed by atoms with E-state index in [0.717, 1.165) is 37.5 Å². The van der Waals surface area contributed by atoms with Crippen LogP contribution in [0.5, 0.6) is 0 Å². The maximum absolute atomic E-state index is 13.2. The summed E-state index contributed by atoms with van der Waals surface area (Å²) in [6, 6.07) is 5.86. The zero-order chi connectivity index (χ0) is 20.8. The first kappa shape index (κ1) is 19.6. The quantitative estimate of drug-likeness (QED) is 0.817. The number of nitrogens with zero attached hydrogens (tertiary/aromatic N) is 1. The lowest BCUT2D eigenvalue weighted by Crippen LogP contribution is -2.39. The molecule has 3 atom stereocenters. The fraction of sp³-hybridized carbons (Fsp3) is 0.583. The molecular weight excluding hydrogens is 378 g/mol. The molecule has 3 N–H and O–H groups in total. The Balaban J connectivity index is 1.41. The van der Waals surface area contributed by atoms with E-state index in [2.05, 4.69) is 11.1 Å². The number of aromatic nitrogens is 1. The summed E-state index contributed by atoms with van der Waals surface area (Å²) in [5.74, 6) is 0.887. The summed E-state index contributed by atoms with van der Waals surface area (Å²) in [5, 5.41) is 1.19. The largest absolute Gasteiger partial charge is 0.381 e. The number of hydrogen-bond donors (Lipinski definition) is 2. The van der Waals surface area contributed by atoms with Gasteiger partial charge in [-0.3, -0.25) is 9.59 Å². The van der Waals surface area contributed by atoms with E-state index in [1.807, 2.05) is 19.1 Å². The molecular formula is C24H31N3O3.